The van der Waals surface area contributed by atoms with Gasteiger partial charge in [-0.1, -0.05) is 57.5 Å². The number of nitrogens with one attached hydrogen (secondary N) is 7. The Labute approximate surface area is 363 Å². The number of thiocarbonyl (C=S) groups is 1. The minimum atomic E-state index is -1.18. The summed E-state index contributed by atoms with van der Waals surface area (Å²) in [5.41, 5.74) is 6.94. The molecule has 2 aliphatic rings. The fraction of sp³-hybridized carbons (Fsp3) is 0.619. The molecule has 2 aromatic rings. The van der Waals surface area contributed by atoms with Crippen molar-refractivity contribution >= 4 is 64.4 Å². The Balaban J connectivity index is 1.93. The van der Waals surface area contributed by atoms with Crippen LogP contribution < -0.4 is 42.4 Å². The summed E-state index contributed by atoms with van der Waals surface area (Å²) >= 11 is 6.65. The number of thioether (sulfide) groups is 1. The standard InChI is InChI=1S/C42H65N9O7S2/c1-27(2)22-34(40(55)48-32(38(43)53)18-21-60-4)50-39(54)33(12-9-10-19-45-28(3)59)49-41(56)35-23-29-14-16-31(17-15-29)58-20-11-7-5-6-8-13-37(52)47-36(42(57)51-35)24-30-25-44-26-46-30/h14-17,25-27,32-36H,5-13,18-24H2,1-4H3,(H2,43,53)(H,44,46)(H,45,59)(H,47,52)(H,48,55)(H,49,56)(H,50,54)(H,51,57)/t32-,33-,34-,35-,36-/m0/s1. The highest BCUT2D eigenvalue weighted by atomic mass is 32.2. The van der Waals surface area contributed by atoms with Gasteiger partial charge in [-0.25, -0.2) is 4.98 Å². The number of amides is 6. The molecule has 0 saturated heterocycles. The van der Waals surface area contributed by atoms with Gasteiger partial charge in [0.05, 0.1) is 17.9 Å². The van der Waals surface area contributed by atoms with E-state index in [2.05, 4.69) is 41.9 Å². The number of unbranched alkanes of at least 4 members (excludes halogenated alkanes) is 1. The second kappa shape index (κ2) is 27.2. The highest BCUT2D eigenvalue weighted by Crippen LogP contribution is 2.16. The molecular weight excluding hydrogens is 807 g/mol. The van der Waals surface area contributed by atoms with E-state index in [-0.39, 0.29) is 43.9 Å². The molecule has 6 amide bonds. The van der Waals surface area contributed by atoms with E-state index in [0.29, 0.717) is 61.0 Å². The van der Waals surface area contributed by atoms with Gasteiger partial charge >= 0.3 is 0 Å². The Morgan fingerprint density at radius 2 is 1.63 bits per heavy atom. The molecule has 2 aliphatic heterocycles. The highest BCUT2D eigenvalue weighted by molar-refractivity contribution is 7.98. The second-order valence-corrected chi connectivity index (χ2v) is 17.3. The number of nitrogens with two attached hydrogens (primary N) is 1. The molecule has 0 fully saturated rings. The van der Waals surface area contributed by atoms with Crippen molar-refractivity contribution in [2.45, 2.75) is 134 Å². The summed E-state index contributed by atoms with van der Waals surface area (Å²) in [6.07, 6.45) is 11.5. The fourth-order valence-electron chi connectivity index (χ4n) is 6.69. The van der Waals surface area contributed by atoms with Crippen molar-refractivity contribution in [3.63, 3.8) is 0 Å². The van der Waals surface area contributed by atoms with E-state index >= 15 is 0 Å². The minimum Gasteiger partial charge on any atom is -0.494 e. The molecule has 332 valence electrons. The maximum Gasteiger partial charge on any atom is 0.243 e. The maximum absolute atomic E-state index is 14.4. The number of hydrogen-bond donors (Lipinski definition) is 8. The van der Waals surface area contributed by atoms with Gasteiger partial charge < -0.3 is 47.4 Å². The number of H-pyrrole nitrogens is 1. The van der Waals surface area contributed by atoms with Gasteiger partial charge in [0.15, 0.2) is 0 Å². The highest BCUT2D eigenvalue weighted by Gasteiger charge is 2.33. The lowest BCUT2D eigenvalue weighted by atomic mass is 10.0. The molecule has 16 nitrogen and oxygen atoms in total. The van der Waals surface area contributed by atoms with Gasteiger partial charge in [0.25, 0.3) is 0 Å². The van der Waals surface area contributed by atoms with Crippen LogP contribution in [0.3, 0.4) is 0 Å². The van der Waals surface area contributed by atoms with Crippen molar-refractivity contribution in [2.75, 3.05) is 25.2 Å². The zero-order valence-electron chi connectivity index (χ0n) is 35.4. The number of aromatic amines is 1. The van der Waals surface area contributed by atoms with Crippen molar-refractivity contribution in [2.24, 2.45) is 11.7 Å². The smallest absolute Gasteiger partial charge is 0.243 e. The quantitative estimate of drug-likeness (QED) is 0.0755. The third-order valence-corrected chi connectivity index (χ3v) is 10.8. The van der Waals surface area contributed by atoms with E-state index in [4.69, 9.17) is 22.7 Å². The average molecular weight is 872 g/mol. The number of fused-ring (bicyclic) bond motifs is 16. The molecule has 0 unspecified atom stereocenters. The first-order valence-corrected chi connectivity index (χ1v) is 22.8. The summed E-state index contributed by atoms with van der Waals surface area (Å²) in [7, 11) is 0. The first-order chi connectivity index (χ1) is 28.7. The van der Waals surface area contributed by atoms with Crippen molar-refractivity contribution < 1.29 is 33.5 Å². The Hall–Kier alpha value is -4.71. The zero-order chi connectivity index (χ0) is 43.9. The first-order valence-electron chi connectivity index (χ1n) is 21.0. The number of aromatic nitrogens is 2. The van der Waals surface area contributed by atoms with Crippen molar-refractivity contribution in [1.82, 2.24) is 41.9 Å². The molecule has 9 N–H and O–H groups in total. The molecule has 3 heterocycles. The van der Waals surface area contributed by atoms with Gasteiger partial charge in [0.2, 0.25) is 35.4 Å². The van der Waals surface area contributed by atoms with Gasteiger partial charge in [-0.05, 0) is 87.5 Å². The maximum atomic E-state index is 14.4. The Kier molecular flexibility index (Phi) is 22.5. The van der Waals surface area contributed by atoms with Crippen molar-refractivity contribution in [3.8, 4) is 5.75 Å². The zero-order valence-corrected chi connectivity index (χ0v) is 37.1. The van der Waals surface area contributed by atoms with Crippen LogP contribution in [0.5, 0.6) is 5.75 Å². The van der Waals surface area contributed by atoms with Gasteiger partial charge in [0.1, 0.15) is 36.0 Å². The number of ether oxygens (including phenoxy) is 1. The van der Waals surface area contributed by atoms with Crippen LogP contribution in [0.2, 0.25) is 0 Å². The molecule has 1 aromatic heterocycles. The van der Waals surface area contributed by atoms with Gasteiger partial charge in [0, 0.05) is 37.7 Å². The molecule has 1 aromatic carbocycles. The van der Waals surface area contributed by atoms with Crippen LogP contribution in [-0.2, 0) is 41.6 Å². The monoisotopic (exact) mass is 871 g/mol. The number of hydrogen-bond acceptors (Lipinski definition) is 10. The third kappa shape index (κ3) is 19.1. The molecule has 18 heteroatoms. The number of imidazole rings is 1. The fourth-order valence-corrected chi connectivity index (χ4v) is 7.26. The van der Waals surface area contributed by atoms with E-state index in [1.165, 1.54) is 18.1 Å². The largest absolute Gasteiger partial charge is 0.494 e. The van der Waals surface area contributed by atoms with Crippen molar-refractivity contribution in [3.05, 3.63) is 48.0 Å². The van der Waals surface area contributed by atoms with Crippen LogP contribution in [0, 0.1) is 5.92 Å². The number of benzene rings is 1. The van der Waals surface area contributed by atoms with Crippen LogP contribution in [0.15, 0.2) is 36.8 Å². The van der Waals surface area contributed by atoms with Crippen LogP contribution in [0.4, 0.5) is 0 Å². The summed E-state index contributed by atoms with van der Waals surface area (Å²) in [6, 6.07) is 2.02. The number of carbonyl (C=O) groups excluding carboxylic acids is 6. The summed E-state index contributed by atoms with van der Waals surface area (Å²) in [5, 5.41) is 17.2. The average Bonchev–Trinajstić information content (AvgIpc) is 3.72. The van der Waals surface area contributed by atoms with Gasteiger partial charge in [-0.15, -0.1) is 0 Å². The summed E-state index contributed by atoms with van der Waals surface area (Å²) in [4.78, 5) is 89.3. The molecular formula is C42H65N9O7S2. The van der Waals surface area contributed by atoms with Crippen molar-refractivity contribution in [1.29, 1.82) is 0 Å². The summed E-state index contributed by atoms with van der Waals surface area (Å²) in [6.45, 7) is 6.68. The van der Waals surface area contributed by atoms with E-state index in [0.717, 1.165) is 31.2 Å². The first kappa shape index (κ1) is 49.7. The molecule has 2 bridgehead atoms. The van der Waals surface area contributed by atoms with Crippen LogP contribution in [0.25, 0.3) is 0 Å². The van der Waals surface area contributed by atoms with Gasteiger partial charge in [-0.2, -0.15) is 11.8 Å². The molecule has 5 atom stereocenters. The predicted octanol–water partition coefficient (Wildman–Crippen LogP) is 2.74. The predicted molar refractivity (Wildman–Crippen MR) is 237 cm³/mol. The van der Waals surface area contributed by atoms with E-state index in [9.17, 15) is 28.8 Å². The van der Waals surface area contributed by atoms with Crippen LogP contribution >= 0.6 is 24.0 Å². The van der Waals surface area contributed by atoms with E-state index in [1.807, 2.05) is 44.4 Å². The minimum absolute atomic E-state index is 0.0184. The lowest BCUT2D eigenvalue weighted by Gasteiger charge is -2.28. The lowest BCUT2D eigenvalue weighted by molar-refractivity contribution is -0.135. The van der Waals surface area contributed by atoms with Gasteiger partial charge in [-0.3, -0.25) is 28.8 Å². The van der Waals surface area contributed by atoms with E-state index in [1.54, 1.807) is 13.1 Å². The molecule has 0 spiro atoms. The number of nitrogens with zero attached hydrogens (tertiary/aromatic N) is 1. The van der Waals surface area contributed by atoms with Crippen LogP contribution in [-0.4, -0.2) is 106 Å². The van der Waals surface area contributed by atoms with E-state index < -0.39 is 59.7 Å². The molecule has 60 heavy (non-hydrogen) atoms. The third-order valence-electron chi connectivity index (χ3n) is 9.98. The topological polar surface area (TPSA) is 239 Å². The molecule has 0 radical (unpaired) electrons. The summed E-state index contributed by atoms with van der Waals surface area (Å²) in [5.74, 6) is -2.09. The Morgan fingerprint density at radius 3 is 2.30 bits per heavy atom. The molecule has 4 rings (SSSR count). The Morgan fingerprint density at radius 1 is 0.933 bits per heavy atom. The molecule has 0 saturated carbocycles. The molecule has 0 aliphatic carbocycles. The number of primary amides is 1. The second-order valence-electron chi connectivity index (χ2n) is 15.7. The summed E-state index contributed by atoms with van der Waals surface area (Å²) < 4.78 is 5.94. The Bertz CT molecular complexity index is 1680. The number of carbonyl (C=O) groups is 6. The normalized spacial score (nSPS) is 18.2. The number of rotatable bonds is 19. The SMILES string of the molecule is CSCC[C@H](NC(=O)[C@H](CC(C)C)NC(=O)[C@H](CCCCNC(C)=S)NC(=O)[C@@H]1Cc2ccc(cc2)OCCCCCCCC(=O)N[C@@H](Cc2cnc[nH]2)C(=O)N1)C(N)=O. The van der Waals surface area contributed by atoms with Crippen LogP contribution in [0.1, 0.15) is 103 Å². The lowest BCUT2D eigenvalue weighted by Crippen LogP contribution is -2.59.